The molecule has 0 bridgehead atoms. The number of benzene rings is 7. The van der Waals surface area contributed by atoms with Gasteiger partial charge in [-0.3, -0.25) is 0 Å². The topological polar surface area (TPSA) is 124 Å². The summed E-state index contributed by atoms with van der Waals surface area (Å²) in [6, 6.07) is 68.9. The van der Waals surface area contributed by atoms with E-state index in [1.165, 1.54) is 0 Å². The minimum absolute atomic E-state index is 0.0901. The van der Waals surface area contributed by atoms with Gasteiger partial charge in [-0.05, 0) is 38.9 Å². The molecular weight excluding hydrogens is 909 g/mol. The van der Waals surface area contributed by atoms with E-state index < -0.39 is 67.3 Å². The SMILES string of the molecule is OC1C(OCc2ccccc2)[C@@H](OCc2ccccc2)[C@H](OCc2ccccc2)C(O[C@H]2OC(COCc3ccccc3)[C@@H](OCc3ccccc3)C(OCc3ccccc3)[C@H]2OCc2ccccc2)[C@@H]1O. The van der Waals surface area contributed by atoms with Crippen LogP contribution in [0.4, 0.5) is 0 Å². The molecule has 2 N–H and O–H groups in total. The summed E-state index contributed by atoms with van der Waals surface area (Å²) in [6.45, 7) is 1.49. The quantitative estimate of drug-likeness (QED) is 0.0602. The van der Waals surface area contributed by atoms with Crippen LogP contribution >= 0.6 is 0 Å². The number of aliphatic hydroxyl groups excluding tert-OH is 2. The zero-order valence-electron chi connectivity index (χ0n) is 40.3. The van der Waals surface area contributed by atoms with Crippen LogP contribution < -0.4 is 0 Å². The van der Waals surface area contributed by atoms with Gasteiger partial charge >= 0.3 is 0 Å². The Morgan fingerprint density at radius 1 is 0.292 bits per heavy atom. The smallest absolute Gasteiger partial charge is 0.187 e. The molecule has 2 fully saturated rings. The highest BCUT2D eigenvalue weighted by Crippen LogP contribution is 2.37. The number of ether oxygens (including phenoxy) is 9. The number of rotatable bonds is 24. The predicted octanol–water partition coefficient (Wildman–Crippen LogP) is 9.56. The highest BCUT2D eigenvalue weighted by molar-refractivity contribution is 5.19. The molecule has 1 saturated heterocycles. The first-order valence-electron chi connectivity index (χ1n) is 24.8. The van der Waals surface area contributed by atoms with Crippen LogP contribution in [0.25, 0.3) is 0 Å². The lowest BCUT2D eigenvalue weighted by Gasteiger charge is -2.50. The van der Waals surface area contributed by atoms with Gasteiger partial charge in [-0.2, -0.15) is 0 Å². The van der Waals surface area contributed by atoms with Crippen LogP contribution in [-0.2, 0) is 88.9 Å². The van der Waals surface area contributed by atoms with Crippen molar-refractivity contribution in [1.82, 2.24) is 0 Å². The lowest BCUT2D eigenvalue weighted by atomic mass is 9.83. The van der Waals surface area contributed by atoms with Crippen molar-refractivity contribution in [2.75, 3.05) is 6.61 Å². The lowest BCUT2D eigenvalue weighted by Crippen LogP contribution is -2.69. The molecule has 0 amide bonds. The Balaban J connectivity index is 1.10. The molecule has 0 radical (unpaired) electrons. The van der Waals surface area contributed by atoms with E-state index in [2.05, 4.69) is 0 Å². The zero-order chi connectivity index (χ0) is 49.2. The minimum Gasteiger partial charge on any atom is -0.387 e. The molecule has 9 rings (SSSR count). The zero-order valence-corrected chi connectivity index (χ0v) is 40.3. The van der Waals surface area contributed by atoms with Crippen molar-refractivity contribution in [2.24, 2.45) is 0 Å². The largest absolute Gasteiger partial charge is 0.387 e. The Labute approximate surface area is 422 Å². The number of hydrogen-bond acceptors (Lipinski definition) is 11. The minimum atomic E-state index is -1.55. The van der Waals surface area contributed by atoms with Crippen LogP contribution in [0.5, 0.6) is 0 Å². The summed E-state index contributed by atoms with van der Waals surface area (Å²) in [5, 5.41) is 24.9. The van der Waals surface area contributed by atoms with E-state index in [1.807, 2.05) is 212 Å². The van der Waals surface area contributed by atoms with Crippen molar-refractivity contribution >= 4 is 0 Å². The van der Waals surface area contributed by atoms with E-state index in [-0.39, 0.29) is 46.2 Å². The molecule has 5 unspecified atom stereocenters. The summed E-state index contributed by atoms with van der Waals surface area (Å²) >= 11 is 0. The fourth-order valence-electron chi connectivity index (χ4n) is 9.19. The Bertz CT molecular complexity index is 2560. The molecule has 11 heteroatoms. The third kappa shape index (κ3) is 14.2. The number of hydrogen-bond donors (Lipinski definition) is 2. The molecule has 2 aliphatic rings. The molecule has 11 atom stereocenters. The Hall–Kier alpha value is -5.90. The van der Waals surface area contributed by atoms with E-state index in [9.17, 15) is 10.2 Å². The summed E-state index contributed by atoms with van der Waals surface area (Å²) < 4.78 is 61.9. The standard InChI is InChI=1S/C61H64O11/c62-52-53(63)56(59(69-41-49-32-18-6-19-33-49)58(68-40-48-30-16-5-17-31-48)55(52)66-38-46-26-12-3-13-27-46)72-61-60(70-42-50-34-20-7-21-35-50)57(67-39-47-28-14-4-15-29-47)54(65-37-45-24-10-2-11-25-45)51(71-61)43-64-36-44-22-8-1-9-23-44/h1-35,51-63H,36-43H2/t51?,52?,53-,54-,55?,56?,57?,58-,59-,60-,61-/m1/s1. The van der Waals surface area contributed by atoms with Gasteiger partial charge in [0.2, 0.25) is 0 Å². The van der Waals surface area contributed by atoms with Crippen LogP contribution in [-0.4, -0.2) is 84.1 Å². The fourth-order valence-corrected chi connectivity index (χ4v) is 9.19. The maximum Gasteiger partial charge on any atom is 0.187 e. The molecule has 0 spiro atoms. The first kappa shape index (κ1) is 51.0. The van der Waals surface area contributed by atoms with Crippen molar-refractivity contribution in [3.8, 4) is 0 Å². The Kier molecular flexibility index (Phi) is 18.9. The van der Waals surface area contributed by atoms with Crippen molar-refractivity contribution < 1.29 is 52.8 Å². The third-order valence-corrected chi connectivity index (χ3v) is 13.0. The second-order valence-electron chi connectivity index (χ2n) is 18.2. The van der Waals surface area contributed by atoms with Crippen LogP contribution in [0.1, 0.15) is 38.9 Å². The summed E-state index contributed by atoms with van der Waals surface area (Å²) in [4.78, 5) is 0. The van der Waals surface area contributed by atoms with E-state index in [0.717, 1.165) is 38.9 Å². The Morgan fingerprint density at radius 2 is 0.556 bits per heavy atom. The van der Waals surface area contributed by atoms with Gasteiger partial charge in [0, 0.05) is 0 Å². The molecule has 7 aromatic rings. The molecule has 1 saturated carbocycles. The van der Waals surface area contributed by atoms with Crippen molar-refractivity contribution in [2.45, 2.75) is 114 Å². The van der Waals surface area contributed by atoms with E-state index >= 15 is 0 Å². The van der Waals surface area contributed by atoms with Gasteiger partial charge in [0.25, 0.3) is 0 Å². The molecule has 1 heterocycles. The monoisotopic (exact) mass is 972 g/mol. The molecule has 11 nitrogen and oxygen atoms in total. The molecule has 1 aliphatic heterocycles. The van der Waals surface area contributed by atoms with Crippen LogP contribution in [0.2, 0.25) is 0 Å². The van der Waals surface area contributed by atoms with Gasteiger partial charge in [0.1, 0.15) is 61.0 Å². The van der Waals surface area contributed by atoms with Gasteiger partial charge in [-0.1, -0.05) is 212 Å². The second kappa shape index (κ2) is 26.7. The van der Waals surface area contributed by atoms with E-state index in [4.69, 9.17) is 42.6 Å². The highest BCUT2D eigenvalue weighted by atomic mass is 16.7. The second-order valence-corrected chi connectivity index (χ2v) is 18.2. The third-order valence-electron chi connectivity index (χ3n) is 13.0. The van der Waals surface area contributed by atoms with Crippen LogP contribution in [0.3, 0.4) is 0 Å². The maximum atomic E-state index is 12.5. The molecule has 1 aliphatic carbocycles. The summed E-state index contributed by atoms with van der Waals surface area (Å²) in [7, 11) is 0. The fraction of sp³-hybridized carbons (Fsp3) is 0.311. The van der Waals surface area contributed by atoms with Crippen molar-refractivity contribution in [1.29, 1.82) is 0 Å². The number of aliphatic hydroxyl groups is 2. The van der Waals surface area contributed by atoms with Crippen LogP contribution in [0.15, 0.2) is 212 Å². The summed E-state index contributed by atoms with van der Waals surface area (Å²) in [5.74, 6) is 0. The van der Waals surface area contributed by atoms with Crippen molar-refractivity contribution in [3.63, 3.8) is 0 Å². The highest BCUT2D eigenvalue weighted by Gasteiger charge is 2.56. The lowest BCUT2D eigenvalue weighted by molar-refractivity contribution is -0.361. The average molecular weight is 973 g/mol. The maximum absolute atomic E-state index is 12.5. The summed E-state index contributed by atoms with van der Waals surface area (Å²) in [5.41, 5.74) is 6.50. The van der Waals surface area contributed by atoms with Crippen molar-refractivity contribution in [3.05, 3.63) is 251 Å². The van der Waals surface area contributed by atoms with Gasteiger partial charge in [0.05, 0.1) is 52.9 Å². The van der Waals surface area contributed by atoms with E-state index in [1.54, 1.807) is 0 Å². The normalized spacial score (nSPS) is 25.2. The van der Waals surface area contributed by atoms with Gasteiger partial charge in [0.15, 0.2) is 6.29 Å². The van der Waals surface area contributed by atoms with Gasteiger partial charge in [-0.25, -0.2) is 0 Å². The molecule has 7 aromatic carbocycles. The molecule has 0 aromatic heterocycles. The first-order valence-corrected chi connectivity index (χ1v) is 24.8. The summed E-state index contributed by atoms with van der Waals surface area (Å²) in [6.07, 6.45) is -11.8. The molecular formula is C61H64O11. The van der Waals surface area contributed by atoms with Gasteiger partial charge in [-0.15, -0.1) is 0 Å². The molecule has 72 heavy (non-hydrogen) atoms. The Morgan fingerprint density at radius 3 is 0.917 bits per heavy atom. The van der Waals surface area contributed by atoms with Gasteiger partial charge < -0.3 is 52.8 Å². The van der Waals surface area contributed by atoms with Crippen LogP contribution in [0, 0.1) is 0 Å². The molecule has 374 valence electrons. The first-order chi connectivity index (χ1) is 35.6. The predicted molar refractivity (Wildman–Crippen MR) is 272 cm³/mol. The van der Waals surface area contributed by atoms with E-state index in [0.29, 0.717) is 6.61 Å². The average Bonchev–Trinajstić information content (AvgIpc) is 3.44.